The third-order valence-corrected chi connectivity index (χ3v) is 3.77. The van der Waals surface area contributed by atoms with Crippen LogP contribution in [0.15, 0.2) is 34.7 Å². The normalized spacial score (nSPS) is 10.6. The Hall–Kier alpha value is -3.26. The van der Waals surface area contributed by atoms with Crippen molar-refractivity contribution in [2.45, 2.75) is 13.8 Å². The van der Waals surface area contributed by atoms with Gasteiger partial charge in [-0.05, 0) is 32.0 Å². The molecule has 25 heavy (non-hydrogen) atoms. The summed E-state index contributed by atoms with van der Waals surface area (Å²) in [6.45, 7) is 3.54. The molecule has 2 heterocycles. The quantitative estimate of drug-likeness (QED) is 0.424. The molecule has 0 aliphatic rings. The molecule has 128 valence electrons. The summed E-state index contributed by atoms with van der Waals surface area (Å²) in [5.74, 6) is 5.99. The Morgan fingerprint density at radius 2 is 1.80 bits per heavy atom. The van der Waals surface area contributed by atoms with Gasteiger partial charge in [-0.15, -0.1) is 10.2 Å². The second-order valence-electron chi connectivity index (χ2n) is 5.34. The highest BCUT2D eigenvalue weighted by atomic mass is 16.5. The number of hydrogen-bond donors (Lipinski definition) is 2. The lowest BCUT2D eigenvalue weighted by Gasteiger charge is -2.08. The zero-order chi connectivity index (χ0) is 18.0. The van der Waals surface area contributed by atoms with Gasteiger partial charge in [0.2, 0.25) is 5.89 Å². The summed E-state index contributed by atoms with van der Waals surface area (Å²) in [4.78, 5) is 16.2. The molecule has 3 aromatic rings. The number of amides is 1. The lowest BCUT2D eigenvalue weighted by atomic mass is 10.1. The highest BCUT2D eigenvalue weighted by molar-refractivity contribution is 5.95. The van der Waals surface area contributed by atoms with Crippen LogP contribution in [0.1, 0.15) is 21.7 Å². The first-order chi connectivity index (χ1) is 12.0. The maximum absolute atomic E-state index is 11.9. The number of para-hydroxylation sites is 1. The number of carbonyl (C=O) groups is 1. The monoisotopic (exact) mass is 339 g/mol. The van der Waals surface area contributed by atoms with E-state index in [1.165, 1.54) is 0 Å². The topological polar surface area (TPSA) is 116 Å². The fourth-order valence-corrected chi connectivity index (χ4v) is 2.51. The minimum absolute atomic E-state index is 0.261. The number of ether oxygens (including phenoxy) is 1. The molecule has 2 aromatic heterocycles. The van der Waals surface area contributed by atoms with E-state index < -0.39 is 5.91 Å². The van der Waals surface area contributed by atoms with Crippen molar-refractivity contribution in [2.75, 3.05) is 7.11 Å². The Morgan fingerprint density at radius 3 is 2.48 bits per heavy atom. The van der Waals surface area contributed by atoms with E-state index in [-0.39, 0.29) is 5.89 Å². The minimum atomic E-state index is -0.435. The fraction of sp³-hybridized carbons (Fsp3) is 0.176. The summed E-state index contributed by atoms with van der Waals surface area (Å²) in [6.07, 6.45) is 0. The molecule has 8 heteroatoms. The van der Waals surface area contributed by atoms with E-state index in [0.717, 1.165) is 0 Å². The molecule has 0 radical (unpaired) electrons. The molecular weight excluding hydrogens is 322 g/mol. The van der Waals surface area contributed by atoms with Crippen molar-refractivity contribution < 1.29 is 13.9 Å². The Labute approximate surface area is 144 Å². The third-order valence-electron chi connectivity index (χ3n) is 3.77. The van der Waals surface area contributed by atoms with Crippen molar-refractivity contribution in [2.24, 2.45) is 5.84 Å². The second-order valence-corrected chi connectivity index (χ2v) is 5.34. The predicted octanol–water partition coefficient (Wildman–Crippen LogP) is 2.03. The van der Waals surface area contributed by atoms with Crippen LogP contribution in [0.4, 0.5) is 0 Å². The van der Waals surface area contributed by atoms with Gasteiger partial charge in [0.15, 0.2) is 0 Å². The number of aromatic nitrogens is 3. The summed E-state index contributed by atoms with van der Waals surface area (Å²) >= 11 is 0. The van der Waals surface area contributed by atoms with Crippen molar-refractivity contribution in [1.29, 1.82) is 0 Å². The lowest BCUT2D eigenvalue weighted by Crippen LogP contribution is -2.30. The van der Waals surface area contributed by atoms with Gasteiger partial charge in [0, 0.05) is 0 Å². The van der Waals surface area contributed by atoms with E-state index in [4.69, 9.17) is 15.0 Å². The van der Waals surface area contributed by atoms with E-state index >= 15 is 0 Å². The predicted molar refractivity (Wildman–Crippen MR) is 90.6 cm³/mol. The van der Waals surface area contributed by atoms with Crippen LogP contribution in [0.2, 0.25) is 0 Å². The molecule has 8 nitrogen and oxygen atoms in total. The number of carbonyl (C=O) groups excluding carboxylic acids is 1. The number of hydrogen-bond acceptors (Lipinski definition) is 7. The van der Waals surface area contributed by atoms with E-state index in [9.17, 15) is 4.79 Å². The van der Waals surface area contributed by atoms with Crippen LogP contribution in [0, 0.1) is 13.8 Å². The molecule has 3 N–H and O–H groups in total. The number of aryl methyl sites for hydroxylation is 2. The van der Waals surface area contributed by atoms with Crippen LogP contribution >= 0.6 is 0 Å². The molecule has 3 rings (SSSR count). The summed E-state index contributed by atoms with van der Waals surface area (Å²) in [5.41, 5.74) is 4.93. The number of hydrazine groups is 1. The molecule has 0 saturated heterocycles. The lowest BCUT2D eigenvalue weighted by molar-refractivity contribution is 0.0952. The summed E-state index contributed by atoms with van der Waals surface area (Å²) in [7, 11) is 1.57. The smallest absolute Gasteiger partial charge is 0.267 e. The number of rotatable bonds is 4. The van der Waals surface area contributed by atoms with Crippen LogP contribution in [0.3, 0.4) is 0 Å². The second kappa shape index (κ2) is 6.70. The van der Waals surface area contributed by atoms with Crippen molar-refractivity contribution >= 4 is 5.91 Å². The minimum Gasteiger partial charge on any atom is -0.496 e. The van der Waals surface area contributed by atoms with Gasteiger partial charge in [-0.25, -0.2) is 5.84 Å². The van der Waals surface area contributed by atoms with Crippen LogP contribution in [0.25, 0.3) is 22.9 Å². The Balaban J connectivity index is 2.07. The number of pyridine rings is 1. The van der Waals surface area contributed by atoms with Gasteiger partial charge in [0.25, 0.3) is 11.8 Å². The summed E-state index contributed by atoms with van der Waals surface area (Å²) in [5, 5.41) is 8.16. The van der Waals surface area contributed by atoms with Crippen molar-refractivity contribution in [3.8, 4) is 28.7 Å². The highest BCUT2D eigenvalue weighted by Gasteiger charge is 2.19. The molecule has 1 amide bonds. The number of methoxy groups -OCH3 is 1. The van der Waals surface area contributed by atoms with Crippen LogP contribution < -0.4 is 16.0 Å². The average molecular weight is 339 g/mol. The molecule has 0 fully saturated rings. The first-order valence-electron chi connectivity index (χ1n) is 7.51. The van der Waals surface area contributed by atoms with Gasteiger partial charge in [-0.3, -0.25) is 15.2 Å². The van der Waals surface area contributed by atoms with Gasteiger partial charge >= 0.3 is 0 Å². The molecule has 0 atom stereocenters. The number of nitrogens with one attached hydrogen (secondary N) is 1. The Kier molecular flexibility index (Phi) is 4.44. The van der Waals surface area contributed by atoms with Gasteiger partial charge in [-0.1, -0.05) is 12.1 Å². The van der Waals surface area contributed by atoms with Crippen LogP contribution in [-0.4, -0.2) is 28.2 Å². The first kappa shape index (κ1) is 16.6. The molecule has 0 saturated carbocycles. The zero-order valence-electron chi connectivity index (χ0n) is 14.0. The number of nitrogen functional groups attached to an aromatic ring is 1. The maximum atomic E-state index is 11.9. The standard InChI is InChI=1S/C17H17N5O3/c1-9-12(15(23)20-18)8-13(10(2)19-9)17-22-21-16(25-17)11-6-4-5-7-14(11)24-3/h4-8H,18H2,1-3H3,(H,20,23). The zero-order valence-corrected chi connectivity index (χ0v) is 14.0. The van der Waals surface area contributed by atoms with Crippen molar-refractivity contribution in [3.05, 3.63) is 47.3 Å². The van der Waals surface area contributed by atoms with Gasteiger partial charge < -0.3 is 9.15 Å². The maximum Gasteiger partial charge on any atom is 0.267 e. The fourth-order valence-electron chi connectivity index (χ4n) is 2.51. The Morgan fingerprint density at radius 1 is 1.12 bits per heavy atom. The highest BCUT2D eigenvalue weighted by Crippen LogP contribution is 2.31. The first-order valence-corrected chi connectivity index (χ1v) is 7.51. The van der Waals surface area contributed by atoms with E-state index in [2.05, 4.69) is 20.6 Å². The number of nitrogens with two attached hydrogens (primary N) is 1. The SMILES string of the molecule is COc1ccccc1-c1nnc(-c2cc(C(=O)NN)c(C)nc2C)o1. The van der Waals surface area contributed by atoms with Crippen molar-refractivity contribution in [3.63, 3.8) is 0 Å². The van der Waals surface area contributed by atoms with E-state index in [1.54, 1.807) is 27.0 Å². The molecule has 0 aliphatic heterocycles. The Bertz CT molecular complexity index is 936. The molecule has 0 unspecified atom stereocenters. The van der Waals surface area contributed by atoms with Gasteiger partial charge in [-0.2, -0.15) is 0 Å². The van der Waals surface area contributed by atoms with Crippen LogP contribution in [0.5, 0.6) is 5.75 Å². The number of benzene rings is 1. The molecule has 0 aliphatic carbocycles. The van der Waals surface area contributed by atoms with Crippen LogP contribution in [-0.2, 0) is 0 Å². The van der Waals surface area contributed by atoms with Crippen molar-refractivity contribution in [1.82, 2.24) is 20.6 Å². The van der Waals surface area contributed by atoms with Gasteiger partial charge in [0.05, 0.1) is 35.2 Å². The molecule has 0 bridgehead atoms. The number of nitrogens with zero attached hydrogens (tertiary/aromatic N) is 3. The third kappa shape index (κ3) is 3.07. The summed E-state index contributed by atoms with van der Waals surface area (Å²) < 4.78 is 11.1. The van der Waals surface area contributed by atoms with Gasteiger partial charge in [0.1, 0.15) is 5.75 Å². The largest absolute Gasteiger partial charge is 0.496 e. The molecule has 1 aromatic carbocycles. The molecular formula is C17H17N5O3. The van der Waals surface area contributed by atoms with E-state index in [0.29, 0.717) is 39.7 Å². The molecule has 0 spiro atoms. The van der Waals surface area contributed by atoms with E-state index in [1.807, 2.05) is 24.3 Å². The summed E-state index contributed by atoms with van der Waals surface area (Å²) in [6, 6.07) is 8.97. The average Bonchev–Trinajstić information content (AvgIpc) is 3.10.